The molecule has 0 amide bonds. The quantitative estimate of drug-likeness (QED) is 0.0930. The molecule has 0 fully saturated rings. The summed E-state index contributed by atoms with van der Waals surface area (Å²) >= 11 is 7.42. The van der Waals surface area contributed by atoms with Gasteiger partial charge in [-0.25, -0.2) is 0 Å². The number of ether oxygens (including phenoxy) is 1. The topological polar surface area (TPSA) is 34.4 Å². The van der Waals surface area contributed by atoms with Crippen LogP contribution in [0.15, 0.2) is 36.4 Å². The van der Waals surface area contributed by atoms with Crippen molar-refractivity contribution in [1.29, 1.82) is 0 Å². The molecule has 9 rings (SSSR count). The third-order valence-corrected chi connectivity index (χ3v) is 18.4. The van der Waals surface area contributed by atoms with E-state index >= 15 is 0 Å². The molecule has 290 valence electrons. The molecule has 0 atom stereocenters. The van der Waals surface area contributed by atoms with Crippen LogP contribution >= 0.6 is 45.3 Å². The van der Waals surface area contributed by atoms with Crippen molar-refractivity contribution < 1.29 is 9.84 Å². The maximum Gasteiger partial charge on any atom is 0.175 e. The Kier molecular flexibility index (Phi) is 10.2. The van der Waals surface area contributed by atoms with E-state index in [4.69, 9.17) is 4.74 Å². The summed E-state index contributed by atoms with van der Waals surface area (Å²) in [6.45, 7) is 15.9. The van der Waals surface area contributed by atoms with Gasteiger partial charge in [0.1, 0.15) is 0 Å². The van der Waals surface area contributed by atoms with Crippen molar-refractivity contribution in [2.24, 2.45) is 0 Å². The van der Waals surface area contributed by atoms with Crippen LogP contribution in [0.3, 0.4) is 0 Å². The average Bonchev–Trinajstić information content (AvgIpc) is 4.05. The van der Waals surface area contributed by atoms with Crippen molar-refractivity contribution in [3.8, 4) is 31.0 Å². The lowest BCUT2D eigenvalue weighted by Gasteiger charge is -2.30. The van der Waals surface area contributed by atoms with E-state index in [1.54, 1.807) is 16.9 Å². The molecule has 1 N–H and O–H groups in total. The van der Waals surface area contributed by atoms with E-state index in [0.717, 1.165) is 50.3 Å². The third-order valence-electron chi connectivity index (χ3n) is 13.8. The molecule has 7 aromatic rings. The lowest BCUT2D eigenvalue weighted by molar-refractivity contribution is 0.313. The van der Waals surface area contributed by atoms with E-state index in [9.17, 15) is 5.11 Å². The molecule has 3 nitrogen and oxygen atoms in total. The van der Waals surface area contributed by atoms with Gasteiger partial charge in [-0.05, 0) is 66.5 Å². The standard InChI is InChI=1S/C48H57NO2S4/c1-7-13-14-15-16-17-18-19-20-21-26-51-36-28-34-43(54-36)40-45(52-34)38-30-22-24-31-37(29(30)23-25-32(38)48(40,10-4)11-5)44-39(47(31,8-2)9-3)41-46(55-44)42-33(49(41)12-6)27-35(50)53-42/h22-25,27-28,50H,7-21,26H2,1-6H3. The number of benzene rings is 2. The second-order valence-electron chi connectivity index (χ2n) is 16.3. The van der Waals surface area contributed by atoms with Crippen LogP contribution in [0.2, 0.25) is 0 Å². The van der Waals surface area contributed by atoms with Crippen molar-refractivity contribution in [2.45, 2.75) is 149 Å². The van der Waals surface area contributed by atoms with E-state index in [1.165, 1.54) is 136 Å². The minimum absolute atomic E-state index is 0.0137. The average molecular weight is 808 g/mol. The second-order valence-corrected chi connectivity index (χ2v) is 20.4. The number of aromatic nitrogens is 1. The third kappa shape index (κ3) is 5.48. The van der Waals surface area contributed by atoms with Gasteiger partial charge in [-0.2, -0.15) is 0 Å². The molecule has 0 unspecified atom stereocenters. The maximum absolute atomic E-state index is 10.6. The minimum Gasteiger partial charge on any atom is -0.499 e. The molecule has 5 heterocycles. The van der Waals surface area contributed by atoms with Gasteiger partial charge >= 0.3 is 0 Å². The van der Waals surface area contributed by atoms with Gasteiger partial charge in [0.2, 0.25) is 0 Å². The first-order valence-electron chi connectivity index (χ1n) is 21.5. The van der Waals surface area contributed by atoms with Crippen LogP contribution in [0.4, 0.5) is 0 Å². The molecule has 7 heteroatoms. The van der Waals surface area contributed by atoms with Gasteiger partial charge in [0.25, 0.3) is 0 Å². The maximum atomic E-state index is 10.6. The normalized spacial score (nSPS) is 15.2. The minimum atomic E-state index is -0.0247. The van der Waals surface area contributed by atoms with Crippen LogP contribution in [-0.4, -0.2) is 16.3 Å². The van der Waals surface area contributed by atoms with Crippen LogP contribution in [-0.2, 0) is 17.4 Å². The number of aryl methyl sites for hydroxylation is 1. The van der Waals surface area contributed by atoms with Gasteiger partial charge in [-0.3, -0.25) is 0 Å². The Morgan fingerprint density at radius 1 is 0.600 bits per heavy atom. The van der Waals surface area contributed by atoms with Gasteiger partial charge in [0, 0.05) is 60.7 Å². The molecule has 0 saturated heterocycles. The lowest BCUT2D eigenvalue weighted by Crippen LogP contribution is -2.23. The van der Waals surface area contributed by atoms with Crippen molar-refractivity contribution in [3.05, 3.63) is 58.7 Å². The van der Waals surface area contributed by atoms with Gasteiger partial charge < -0.3 is 14.4 Å². The smallest absolute Gasteiger partial charge is 0.175 e. The Balaban J connectivity index is 1.08. The highest BCUT2D eigenvalue weighted by atomic mass is 32.1. The molecule has 0 radical (unpaired) electrons. The predicted octanol–water partition coefficient (Wildman–Crippen LogP) is 16.5. The Morgan fingerprint density at radius 3 is 1.78 bits per heavy atom. The number of aromatic hydroxyl groups is 1. The van der Waals surface area contributed by atoms with Crippen molar-refractivity contribution in [3.63, 3.8) is 0 Å². The first-order valence-corrected chi connectivity index (χ1v) is 24.8. The van der Waals surface area contributed by atoms with E-state index < -0.39 is 0 Å². The molecule has 0 saturated carbocycles. The molecule has 0 bridgehead atoms. The van der Waals surface area contributed by atoms with Crippen LogP contribution < -0.4 is 4.74 Å². The number of nitrogens with zero attached hydrogens (tertiary/aromatic N) is 1. The number of hydrogen-bond donors (Lipinski definition) is 1. The SMILES string of the molecule is CCCCCCCCCCCCOc1cc2sc3c(c2s1)C(CC)(CC)c1ccc2c4c(ccc2c1-3)C(CC)(CC)c1c-4sc2c3sc(O)cc3n(CC)c12. The van der Waals surface area contributed by atoms with Crippen LogP contribution in [0, 0.1) is 0 Å². The number of thiophene rings is 4. The summed E-state index contributed by atoms with van der Waals surface area (Å²) in [6, 6.07) is 14.4. The monoisotopic (exact) mass is 807 g/mol. The molecule has 0 aliphatic heterocycles. The van der Waals surface area contributed by atoms with Gasteiger partial charge in [0.15, 0.2) is 10.1 Å². The lowest BCUT2D eigenvalue weighted by atomic mass is 9.72. The number of unbranched alkanes of at least 4 members (excludes halogenated alkanes) is 9. The molecule has 0 spiro atoms. The van der Waals surface area contributed by atoms with Crippen LogP contribution in [0.1, 0.15) is 154 Å². The fourth-order valence-electron chi connectivity index (χ4n) is 10.9. The van der Waals surface area contributed by atoms with Crippen molar-refractivity contribution in [1.82, 2.24) is 4.57 Å². The summed E-state index contributed by atoms with van der Waals surface area (Å²) in [7, 11) is 0. The Hall–Kier alpha value is -2.84. The largest absolute Gasteiger partial charge is 0.499 e. The fourth-order valence-corrected chi connectivity index (χ4v) is 16.2. The molecule has 55 heavy (non-hydrogen) atoms. The van der Waals surface area contributed by atoms with Gasteiger partial charge in [0.05, 0.1) is 31.7 Å². The highest BCUT2D eigenvalue weighted by Crippen LogP contribution is 2.65. The van der Waals surface area contributed by atoms with Crippen molar-refractivity contribution >= 4 is 86.0 Å². The zero-order valence-electron chi connectivity index (χ0n) is 33.7. The van der Waals surface area contributed by atoms with Crippen LogP contribution in [0.5, 0.6) is 10.1 Å². The summed E-state index contributed by atoms with van der Waals surface area (Å²) in [4.78, 5) is 2.95. The van der Waals surface area contributed by atoms with Gasteiger partial charge in [-0.1, -0.05) is 139 Å². The number of rotatable bonds is 17. The Bertz CT molecular complexity index is 2530. The summed E-state index contributed by atoms with van der Waals surface area (Å²) < 4.78 is 14.4. The summed E-state index contributed by atoms with van der Waals surface area (Å²) in [5.41, 5.74) is 11.6. The van der Waals surface area contributed by atoms with Gasteiger partial charge in [-0.15, -0.1) is 22.7 Å². The van der Waals surface area contributed by atoms with Crippen molar-refractivity contribution in [2.75, 3.05) is 6.61 Å². The summed E-state index contributed by atoms with van der Waals surface area (Å²) in [5, 5.41) is 14.9. The van der Waals surface area contributed by atoms with E-state index in [0.29, 0.717) is 5.06 Å². The molecule has 2 aliphatic rings. The van der Waals surface area contributed by atoms with E-state index in [1.807, 2.05) is 40.1 Å². The first kappa shape index (κ1) is 37.7. The van der Waals surface area contributed by atoms with E-state index in [2.05, 4.69) is 76.4 Å². The highest BCUT2D eigenvalue weighted by molar-refractivity contribution is 7.31. The van der Waals surface area contributed by atoms with E-state index in [-0.39, 0.29) is 10.8 Å². The zero-order chi connectivity index (χ0) is 38.1. The first-order chi connectivity index (χ1) is 26.9. The second kappa shape index (κ2) is 14.8. The Morgan fingerprint density at radius 2 is 1.18 bits per heavy atom. The fraction of sp³-hybridized carbons (Fsp3) is 0.500. The predicted molar refractivity (Wildman–Crippen MR) is 244 cm³/mol. The molecule has 2 aliphatic carbocycles. The summed E-state index contributed by atoms with van der Waals surface area (Å²) in [5.74, 6) is 0. The number of fused-ring (bicyclic) bond motifs is 15. The molecular weight excluding hydrogens is 751 g/mol. The Labute approximate surface area is 343 Å². The number of hydrogen-bond acceptors (Lipinski definition) is 6. The molecule has 2 aromatic carbocycles. The molecule has 5 aromatic heterocycles. The summed E-state index contributed by atoms with van der Waals surface area (Å²) in [6.07, 6.45) is 17.8. The zero-order valence-corrected chi connectivity index (χ0v) is 37.0. The molecular formula is C48H57NO2S4. The highest BCUT2D eigenvalue weighted by Gasteiger charge is 2.48. The van der Waals surface area contributed by atoms with Crippen LogP contribution in [0.25, 0.3) is 61.5 Å².